The third-order valence-corrected chi connectivity index (χ3v) is 5.89. The number of halogens is 4. The Hall–Kier alpha value is -3.39. The van der Waals surface area contributed by atoms with Crippen LogP contribution < -0.4 is 10.3 Å². The number of nitrogens with zero attached hydrogens (tertiary/aromatic N) is 1. The molecule has 1 aliphatic heterocycles. The van der Waals surface area contributed by atoms with Gasteiger partial charge in [-0.1, -0.05) is 46.3 Å². The molecule has 32 heavy (non-hydrogen) atoms. The van der Waals surface area contributed by atoms with E-state index in [0.717, 1.165) is 12.1 Å². The Balaban J connectivity index is 1.80. The molecule has 2 heterocycles. The summed E-state index contributed by atoms with van der Waals surface area (Å²) in [5.74, 6) is -0.844. The maximum Gasteiger partial charge on any atom is 0.416 e. The van der Waals surface area contributed by atoms with Crippen LogP contribution in [-0.4, -0.2) is 5.91 Å². The molecule has 0 aliphatic carbocycles. The van der Waals surface area contributed by atoms with Crippen molar-refractivity contribution in [3.8, 4) is 0 Å². The number of hydrogen-bond acceptors (Lipinski definition) is 3. The van der Waals surface area contributed by atoms with Crippen molar-refractivity contribution in [3.05, 3.63) is 110 Å². The fourth-order valence-electron chi connectivity index (χ4n) is 4.01. The van der Waals surface area contributed by atoms with Crippen molar-refractivity contribution in [2.75, 3.05) is 4.90 Å². The second kappa shape index (κ2) is 7.34. The molecule has 3 aromatic carbocycles. The van der Waals surface area contributed by atoms with E-state index in [-0.39, 0.29) is 22.6 Å². The molecule has 160 valence electrons. The van der Waals surface area contributed by atoms with Gasteiger partial charge in [0.15, 0.2) is 5.43 Å². The van der Waals surface area contributed by atoms with Crippen molar-refractivity contribution < 1.29 is 22.4 Å². The summed E-state index contributed by atoms with van der Waals surface area (Å²) in [7, 11) is 0. The molecule has 1 atom stereocenters. The van der Waals surface area contributed by atoms with Crippen LogP contribution >= 0.6 is 15.9 Å². The summed E-state index contributed by atoms with van der Waals surface area (Å²) in [6.45, 7) is 0. The molecule has 1 aliphatic rings. The minimum Gasteiger partial charge on any atom is -0.450 e. The lowest BCUT2D eigenvalue weighted by molar-refractivity contribution is -0.137. The van der Waals surface area contributed by atoms with Crippen LogP contribution in [0, 0.1) is 0 Å². The molecule has 0 N–H and O–H groups in total. The number of anilines is 1. The van der Waals surface area contributed by atoms with Gasteiger partial charge in [-0.2, -0.15) is 13.2 Å². The number of carbonyl (C=O) groups is 1. The monoisotopic (exact) mass is 499 g/mol. The Morgan fingerprint density at radius 1 is 0.906 bits per heavy atom. The van der Waals surface area contributed by atoms with Crippen LogP contribution in [0.5, 0.6) is 0 Å². The van der Waals surface area contributed by atoms with Gasteiger partial charge >= 0.3 is 6.18 Å². The molecule has 0 bridgehead atoms. The van der Waals surface area contributed by atoms with Crippen LogP contribution in [0.15, 0.2) is 86.5 Å². The second-order valence-corrected chi connectivity index (χ2v) is 8.27. The molecular weight excluding hydrogens is 487 g/mol. The van der Waals surface area contributed by atoms with Gasteiger partial charge < -0.3 is 4.42 Å². The quantitative estimate of drug-likeness (QED) is 0.324. The van der Waals surface area contributed by atoms with Crippen LogP contribution in [-0.2, 0) is 6.18 Å². The van der Waals surface area contributed by atoms with E-state index < -0.39 is 29.1 Å². The number of fused-ring (bicyclic) bond motifs is 2. The first-order valence-corrected chi connectivity index (χ1v) is 10.4. The van der Waals surface area contributed by atoms with E-state index in [9.17, 15) is 22.8 Å². The molecule has 1 amide bonds. The summed E-state index contributed by atoms with van der Waals surface area (Å²) in [5, 5.41) is 0.296. The van der Waals surface area contributed by atoms with Gasteiger partial charge in [0.05, 0.1) is 22.6 Å². The van der Waals surface area contributed by atoms with Gasteiger partial charge in [0.2, 0.25) is 5.76 Å². The largest absolute Gasteiger partial charge is 0.450 e. The lowest BCUT2D eigenvalue weighted by Crippen LogP contribution is -2.29. The van der Waals surface area contributed by atoms with Crippen molar-refractivity contribution >= 4 is 38.5 Å². The molecule has 0 fully saturated rings. The molecule has 1 aromatic heterocycles. The third kappa shape index (κ3) is 3.22. The van der Waals surface area contributed by atoms with Crippen LogP contribution in [0.2, 0.25) is 0 Å². The molecule has 8 heteroatoms. The number of alkyl halides is 3. The fraction of sp³-hybridized carbons (Fsp3) is 0.0833. The third-order valence-electron chi connectivity index (χ3n) is 5.39. The standard InChI is InChI=1S/C24H13BrF3NO3/c25-15-7-3-5-13(11-15)20-19-21(30)17-9-1-2-10-18(17)32-22(19)23(31)29(20)16-8-4-6-14(12-16)24(26,27)28/h1-12,20H. The van der Waals surface area contributed by atoms with E-state index in [4.69, 9.17) is 4.42 Å². The van der Waals surface area contributed by atoms with Crippen LogP contribution in [0.1, 0.15) is 33.3 Å². The number of para-hydroxylation sites is 1. The molecule has 0 saturated heterocycles. The number of benzene rings is 3. The van der Waals surface area contributed by atoms with Gasteiger partial charge in [0.25, 0.3) is 5.91 Å². The van der Waals surface area contributed by atoms with Crippen LogP contribution in [0.25, 0.3) is 11.0 Å². The number of amides is 1. The summed E-state index contributed by atoms with van der Waals surface area (Å²) in [5.41, 5.74) is -0.366. The smallest absolute Gasteiger partial charge is 0.416 e. The Kier molecular flexibility index (Phi) is 4.70. The first-order chi connectivity index (χ1) is 15.3. The summed E-state index contributed by atoms with van der Waals surface area (Å²) in [6.07, 6.45) is -4.58. The highest BCUT2D eigenvalue weighted by atomic mass is 79.9. The van der Waals surface area contributed by atoms with E-state index in [1.54, 1.807) is 48.5 Å². The van der Waals surface area contributed by atoms with Crippen LogP contribution in [0.4, 0.5) is 18.9 Å². The Morgan fingerprint density at radius 2 is 1.66 bits per heavy atom. The molecule has 4 aromatic rings. The number of carbonyl (C=O) groups excluding carboxylic acids is 1. The van der Waals surface area contributed by atoms with Gasteiger partial charge in [-0.3, -0.25) is 14.5 Å². The first-order valence-electron chi connectivity index (χ1n) is 9.58. The van der Waals surface area contributed by atoms with Crippen molar-refractivity contribution in [1.29, 1.82) is 0 Å². The normalized spacial score (nSPS) is 15.9. The molecule has 0 spiro atoms. The van der Waals surface area contributed by atoms with Gasteiger partial charge in [0, 0.05) is 10.2 Å². The zero-order valence-electron chi connectivity index (χ0n) is 16.2. The highest BCUT2D eigenvalue weighted by Crippen LogP contribution is 2.43. The van der Waals surface area contributed by atoms with E-state index in [1.165, 1.54) is 17.0 Å². The molecule has 5 rings (SSSR count). The summed E-state index contributed by atoms with van der Waals surface area (Å²) >= 11 is 3.38. The summed E-state index contributed by atoms with van der Waals surface area (Å²) < 4.78 is 46.6. The predicted molar refractivity (Wildman–Crippen MR) is 117 cm³/mol. The Bertz CT molecular complexity index is 1440. The maximum atomic E-state index is 13.4. The van der Waals surface area contributed by atoms with Gasteiger partial charge in [-0.05, 0) is 48.0 Å². The molecular formula is C24H13BrF3NO3. The van der Waals surface area contributed by atoms with Gasteiger partial charge in [-0.15, -0.1) is 0 Å². The number of hydrogen-bond donors (Lipinski definition) is 0. The maximum absolute atomic E-state index is 13.4. The van der Waals surface area contributed by atoms with E-state index in [2.05, 4.69) is 15.9 Å². The summed E-state index contributed by atoms with van der Waals surface area (Å²) in [4.78, 5) is 28.0. The average molecular weight is 500 g/mol. The highest BCUT2D eigenvalue weighted by Gasteiger charge is 2.44. The van der Waals surface area contributed by atoms with Gasteiger partial charge in [-0.25, -0.2) is 0 Å². The highest BCUT2D eigenvalue weighted by molar-refractivity contribution is 9.10. The van der Waals surface area contributed by atoms with Crippen LogP contribution in [0.3, 0.4) is 0 Å². The first kappa shape index (κ1) is 20.5. The van der Waals surface area contributed by atoms with E-state index in [0.29, 0.717) is 15.4 Å². The minimum absolute atomic E-state index is 0.0182. The predicted octanol–water partition coefficient (Wildman–Crippen LogP) is 6.32. The van der Waals surface area contributed by atoms with Crippen molar-refractivity contribution in [2.45, 2.75) is 12.2 Å². The molecule has 0 saturated carbocycles. The Labute approximate surface area is 188 Å². The lowest BCUT2D eigenvalue weighted by atomic mass is 9.98. The van der Waals surface area contributed by atoms with Gasteiger partial charge in [0.1, 0.15) is 5.58 Å². The molecule has 0 radical (unpaired) electrons. The van der Waals surface area contributed by atoms with Crippen molar-refractivity contribution in [3.63, 3.8) is 0 Å². The number of rotatable bonds is 2. The molecule has 1 unspecified atom stereocenters. The minimum atomic E-state index is -4.58. The Morgan fingerprint density at radius 3 is 2.41 bits per heavy atom. The second-order valence-electron chi connectivity index (χ2n) is 7.35. The lowest BCUT2D eigenvalue weighted by Gasteiger charge is -2.26. The van der Waals surface area contributed by atoms with Crippen molar-refractivity contribution in [1.82, 2.24) is 0 Å². The van der Waals surface area contributed by atoms with Crippen molar-refractivity contribution in [2.24, 2.45) is 0 Å². The van der Waals surface area contributed by atoms with E-state index >= 15 is 0 Å². The topological polar surface area (TPSA) is 50.5 Å². The molecule has 4 nitrogen and oxygen atoms in total. The zero-order chi connectivity index (χ0) is 22.6. The fourth-order valence-corrected chi connectivity index (χ4v) is 4.43. The van der Waals surface area contributed by atoms with E-state index in [1.807, 2.05) is 0 Å². The summed E-state index contributed by atoms with van der Waals surface area (Å²) in [6, 6.07) is 17.0. The SMILES string of the molecule is O=C1c2oc3ccccc3c(=O)c2C(c2cccc(Br)c2)N1c1cccc(C(F)(F)F)c1. The average Bonchev–Trinajstić information content (AvgIpc) is 3.06. The zero-order valence-corrected chi connectivity index (χ0v) is 17.8.